The first kappa shape index (κ1) is 11.1. The van der Waals surface area contributed by atoms with Crippen LogP contribution in [0.25, 0.3) is 11.0 Å². The van der Waals surface area contributed by atoms with Crippen molar-refractivity contribution in [2.45, 2.75) is 26.8 Å². The third-order valence-corrected chi connectivity index (χ3v) is 2.65. The fraction of sp³-hybridized carbons (Fsp3) is 0.385. The Morgan fingerprint density at radius 2 is 2.12 bits per heavy atom. The van der Waals surface area contributed by atoms with Crippen molar-refractivity contribution in [2.75, 3.05) is 0 Å². The van der Waals surface area contributed by atoms with Crippen molar-refractivity contribution in [1.29, 1.82) is 0 Å². The van der Waals surface area contributed by atoms with Crippen LogP contribution in [0.4, 0.5) is 4.39 Å². The Labute approximate surface area is 94.2 Å². The minimum atomic E-state index is -0.317. The van der Waals surface area contributed by atoms with E-state index in [9.17, 15) is 4.39 Å². The zero-order valence-electron chi connectivity index (χ0n) is 9.59. The van der Waals surface area contributed by atoms with E-state index >= 15 is 0 Å². The van der Waals surface area contributed by atoms with Crippen LogP contribution in [0.5, 0.6) is 0 Å². The SMILES string of the molecule is CC(C)Cc1c(CN)oc2c(F)cccc12. The Kier molecular flexibility index (Phi) is 2.97. The second-order valence-corrected chi connectivity index (χ2v) is 4.42. The van der Waals surface area contributed by atoms with Gasteiger partial charge in [0.05, 0.1) is 6.54 Å². The van der Waals surface area contributed by atoms with Crippen molar-refractivity contribution >= 4 is 11.0 Å². The molecular formula is C13H16FNO. The van der Waals surface area contributed by atoms with E-state index in [2.05, 4.69) is 13.8 Å². The lowest BCUT2D eigenvalue weighted by Crippen LogP contribution is -2.01. The predicted molar refractivity (Wildman–Crippen MR) is 62.6 cm³/mol. The van der Waals surface area contributed by atoms with Crippen LogP contribution < -0.4 is 5.73 Å². The van der Waals surface area contributed by atoms with Crippen LogP contribution in [0.15, 0.2) is 22.6 Å². The summed E-state index contributed by atoms with van der Waals surface area (Å²) in [7, 11) is 0. The van der Waals surface area contributed by atoms with E-state index in [1.165, 1.54) is 6.07 Å². The van der Waals surface area contributed by atoms with E-state index in [1.54, 1.807) is 6.07 Å². The molecule has 0 bridgehead atoms. The second kappa shape index (κ2) is 4.26. The first-order valence-electron chi connectivity index (χ1n) is 5.52. The molecule has 0 unspecified atom stereocenters. The van der Waals surface area contributed by atoms with E-state index < -0.39 is 0 Å². The van der Waals surface area contributed by atoms with E-state index in [-0.39, 0.29) is 5.82 Å². The molecule has 0 saturated carbocycles. The highest BCUT2D eigenvalue weighted by molar-refractivity contribution is 5.82. The molecule has 0 aliphatic carbocycles. The zero-order valence-corrected chi connectivity index (χ0v) is 9.59. The van der Waals surface area contributed by atoms with Crippen LogP contribution >= 0.6 is 0 Å². The summed E-state index contributed by atoms with van der Waals surface area (Å²) < 4.78 is 19.0. The molecule has 16 heavy (non-hydrogen) atoms. The van der Waals surface area contributed by atoms with Crippen molar-refractivity contribution in [3.63, 3.8) is 0 Å². The third-order valence-electron chi connectivity index (χ3n) is 2.65. The molecule has 1 aromatic heterocycles. The summed E-state index contributed by atoms with van der Waals surface area (Å²) in [5.41, 5.74) is 7.00. The molecule has 2 N–H and O–H groups in total. The van der Waals surface area contributed by atoms with Crippen molar-refractivity contribution < 1.29 is 8.81 Å². The van der Waals surface area contributed by atoms with E-state index in [0.29, 0.717) is 23.8 Å². The number of nitrogens with two attached hydrogens (primary N) is 1. The Balaban J connectivity index is 2.64. The van der Waals surface area contributed by atoms with Gasteiger partial charge in [-0.05, 0) is 18.4 Å². The number of halogens is 1. The number of hydrogen-bond donors (Lipinski definition) is 1. The number of para-hydroxylation sites is 1. The quantitative estimate of drug-likeness (QED) is 0.864. The first-order chi connectivity index (χ1) is 7.63. The maximum absolute atomic E-state index is 13.5. The Hall–Kier alpha value is -1.35. The largest absolute Gasteiger partial charge is 0.456 e. The molecule has 0 amide bonds. The summed E-state index contributed by atoms with van der Waals surface area (Å²) in [4.78, 5) is 0. The smallest absolute Gasteiger partial charge is 0.170 e. The molecule has 2 rings (SSSR count). The molecular weight excluding hydrogens is 205 g/mol. The van der Waals surface area contributed by atoms with Crippen LogP contribution in [-0.4, -0.2) is 0 Å². The molecule has 0 radical (unpaired) electrons. The fourth-order valence-electron chi connectivity index (χ4n) is 1.98. The summed E-state index contributed by atoms with van der Waals surface area (Å²) in [6.45, 7) is 4.56. The molecule has 86 valence electrons. The normalized spacial score (nSPS) is 11.6. The lowest BCUT2D eigenvalue weighted by molar-refractivity contribution is 0.512. The molecule has 0 fully saturated rings. The number of hydrogen-bond acceptors (Lipinski definition) is 2. The van der Waals surface area contributed by atoms with E-state index in [0.717, 1.165) is 17.4 Å². The van der Waals surface area contributed by atoms with Gasteiger partial charge >= 0.3 is 0 Å². The lowest BCUT2D eigenvalue weighted by atomic mass is 10.00. The van der Waals surface area contributed by atoms with Gasteiger partial charge in [-0.15, -0.1) is 0 Å². The van der Waals surface area contributed by atoms with Gasteiger partial charge in [0.2, 0.25) is 0 Å². The fourth-order valence-corrected chi connectivity index (χ4v) is 1.98. The van der Waals surface area contributed by atoms with Crippen LogP contribution in [0, 0.1) is 11.7 Å². The highest BCUT2D eigenvalue weighted by atomic mass is 19.1. The van der Waals surface area contributed by atoms with Gasteiger partial charge in [-0.2, -0.15) is 0 Å². The summed E-state index contributed by atoms with van der Waals surface area (Å²) >= 11 is 0. The summed E-state index contributed by atoms with van der Waals surface area (Å²) in [6.07, 6.45) is 0.864. The number of rotatable bonds is 3. The molecule has 0 saturated heterocycles. The predicted octanol–water partition coefficient (Wildman–Crippen LogP) is 3.23. The van der Waals surface area contributed by atoms with Gasteiger partial charge in [-0.3, -0.25) is 0 Å². The lowest BCUT2D eigenvalue weighted by Gasteiger charge is -2.04. The van der Waals surface area contributed by atoms with Crippen LogP contribution in [0.3, 0.4) is 0 Å². The van der Waals surface area contributed by atoms with Gasteiger partial charge in [0.1, 0.15) is 5.76 Å². The molecule has 1 heterocycles. The van der Waals surface area contributed by atoms with Gasteiger partial charge < -0.3 is 10.2 Å². The van der Waals surface area contributed by atoms with E-state index in [1.807, 2.05) is 6.07 Å². The number of fused-ring (bicyclic) bond motifs is 1. The topological polar surface area (TPSA) is 39.2 Å². The second-order valence-electron chi connectivity index (χ2n) is 4.42. The van der Waals surface area contributed by atoms with Crippen LogP contribution in [0.1, 0.15) is 25.2 Å². The maximum atomic E-state index is 13.5. The number of benzene rings is 1. The van der Waals surface area contributed by atoms with Crippen molar-refractivity contribution in [1.82, 2.24) is 0 Å². The zero-order chi connectivity index (χ0) is 11.7. The molecule has 0 spiro atoms. The van der Waals surface area contributed by atoms with Crippen molar-refractivity contribution in [2.24, 2.45) is 11.7 Å². The number of furan rings is 1. The van der Waals surface area contributed by atoms with Crippen LogP contribution in [-0.2, 0) is 13.0 Å². The summed E-state index contributed by atoms with van der Waals surface area (Å²) in [5, 5.41) is 0.856. The average molecular weight is 221 g/mol. The average Bonchev–Trinajstić information content (AvgIpc) is 2.58. The van der Waals surface area contributed by atoms with Gasteiger partial charge in [0.15, 0.2) is 11.4 Å². The van der Waals surface area contributed by atoms with Crippen LogP contribution in [0.2, 0.25) is 0 Å². The molecule has 3 heteroatoms. The highest BCUT2D eigenvalue weighted by Crippen LogP contribution is 2.29. The molecule has 0 aliphatic rings. The molecule has 0 atom stereocenters. The standard InChI is InChI=1S/C13H16FNO/c1-8(2)6-10-9-4-3-5-11(14)13(9)16-12(10)7-15/h3-5,8H,6-7,15H2,1-2H3. The monoisotopic (exact) mass is 221 g/mol. The third kappa shape index (κ3) is 1.83. The summed E-state index contributed by atoms with van der Waals surface area (Å²) in [5.74, 6) is 0.880. The molecule has 2 nitrogen and oxygen atoms in total. The highest BCUT2D eigenvalue weighted by Gasteiger charge is 2.16. The van der Waals surface area contributed by atoms with Gasteiger partial charge in [-0.25, -0.2) is 4.39 Å². The van der Waals surface area contributed by atoms with Gasteiger partial charge in [0.25, 0.3) is 0 Å². The minimum Gasteiger partial charge on any atom is -0.456 e. The molecule has 2 aromatic rings. The maximum Gasteiger partial charge on any atom is 0.170 e. The van der Waals surface area contributed by atoms with Crippen molar-refractivity contribution in [3.8, 4) is 0 Å². The minimum absolute atomic E-state index is 0.316. The van der Waals surface area contributed by atoms with E-state index in [4.69, 9.17) is 10.2 Å². The van der Waals surface area contributed by atoms with Crippen molar-refractivity contribution in [3.05, 3.63) is 35.3 Å². The first-order valence-corrected chi connectivity index (χ1v) is 5.52. The molecule has 1 aromatic carbocycles. The molecule has 0 aliphatic heterocycles. The Morgan fingerprint density at radius 3 is 2.75 bits per heavy atom. The summed E-state index contributed by atoms with van der Waals surface area (Å²) in [6, 6.07) is 5.00. The van der Waals surface area contributed by atoms with Gasteiger partial charge in [0, 0.05) is 10.9 Å². The Bertz CT molecular complexity index is 502. The van der Waals surface area contributed by atoms with Gasteiger partial charge in [-0.1, -0.05) is 26.0 Å². The Morgan fingerprint density at radius 1 is 1.38 bits per heavy atom.